The Morgan fingerprint density at radius 2 is 1.69 bits per heavy atom. The third kappa shape index (κ3) is 2.59. The normalized spacial score (nSPS) is 10.2. The molecule has 0 radical (unpaired) electrons. The number of nitrogens with one attached hydrogen (secondary N) is 1. The molecule has 1 N–H and O–H groups in total. The van der Waals surface area contributed by atoms with Crippen LogP contribution in [0.1, 0.15) is 0 Å². The molecule has 82 valence electrons. The van der Waals surface area contributed by atoms with Crippen molar-refractivity contribution in [1.82, 2.24) is 4.98 Å². The highest BCUT2D eigenvalue weighted by atomic mass is 35.5. The SMILES string of the molecule is Clc1cc(Cl)c(Nc2ccccn2)cc1Cl. The molecule has 0 fully saturated rings. The van der Waals surface area contributed by atoms with Crippen molar-refractivity contribution in [2.75, 3.05) is 5.32 Å². The Morgan fingerprint density at radius 1 is 0.938 bits per heavy atom. The summed E-state index contributed by atoms with van der Waals surface area (Å²) < 4.78 is 0. The second-order valence-electron chi connectivity index (χ2n) is 3.09. The summed E-state index contributed by atoms with van der Waals surface area (Å²) in [7, 11) is 0. The van der Waals surface area contributed by atoms with E-state index in [-0.39, 0.29) is 0 Å². The largest absolute Gasteiger partial charge is 0.339 e. The van der Waals surface area contributed by atoms with Gasteiger partial charge in [-0.05, 0) is 24.3 Å². The van der Waals surface area contributed by atoms with Crippen LogP contribution in [0, 0.1) is 0 Å². The fraction of sp³-hybridized carbons (Fsp3) is 0. The summed E-state index contributed by atoms with van der Waals surface area (Å²) in [6.07, 6.45) is 1.69. The lowest BCUT2D eigenvalue weighted by Crippen LogP contribution is -1.93. The molecule has 0 aliphatic heterocycles. The van der Waals surface area contributed by atoms with Crippen LogP contribution in [0.15, 0.2) is 36.5 Å². The van der Waals surface area contributed by atoms with E-state index in [1.807, 2.05) is 18.2 Å². The molecule has 0 aliphatic rings. The van der Waals surface area contributed by atoms with Gasteiger partial charge < -0.3 is 5.32 Å². The second-order valence-corrected chi connectivity index (χ2v) is 4.31. The molecular formula is C11H7Cl3N2. The minimum absolute atomic E-state index is 0.429. The van der Waals surface area contributed by atoms with E-state index in [1.54, 1.807) is 18.3 Å². The number of rotatable bonds is 2. The van der Waals surface area contributed by atoms with Gasteiger partial charge in [0.05, 0.1) is 20.8 Å². The topological polar surface area (TPSA) is 24.9 Å². The molecule has 0 saturated heterocycles. The Kier molecular flexibility index (Phi) is 3.54. The molecule has 0 unspecified atom stereocenters. The summed E-state index contributed by atoms with van der Waals surface area (Å²) in [5.41, 5.74) is 0.676. The lowest BCUT2D eigenvalue weighted by atomic mass is 10.3. The first-order chi connectivity index (χ1) is 7.66. The third-order valence-corrected chi connectivity index (χ3v) is 2.97. The summed E-state index contributed by atoms with van der Waals surface area (Å²) in [4.78, 5) is 4.12. The van der Waals surface area contributed by atoms with Gasteiger partial charge in [-0.2, -0.15) is 0 Å². The molecule has 2 rings (SSSR count). The number of nitrogens with zero attached hydrogens (tertiary/aromatic N) is 1. The molecule has 1 heterocycles. The minimum atomic E-state index is 0.429. The Bertz CT molecular complexity index is 500. The lowest BCUT2D eigenvalue weighted by Gasteiger charge is -2.08. The number of hydrogen-bond acceptors (Lipinski definition) is 2. The van der Waals surface area contributed by atoms with Gasteiger partial charge >= 0.3 is 0 Å². The number of benzene rings is 1. The lowest BCUT2D eigenvalue weighted by molar-refractivity contribution is 1.31. The van der Waals surface area contributed by atoms with Crippen LogP contribution < -0.4 is 5.32 Å². The van der Waals surface area contributed by atoms with Crippen molar-refractivity contribution in [2.45, 2.75) is 0 Å². The average molecular weight is 274 g/mol. The van der Waals surface area contributed by atoms with Crippen LogP contribution in [0.25, 0.3) is 0 Å². The molecule has 16 heavy (non-hydrogen) atoms. The molecule has 0 amide bonds. The first kappa shape index (κ1) is 11.5. The van der Waals surface area contributed by atoms with E-state index in [2.05, 4.69) is 10.3 Å². The molecule has 0 spiro atoms. The van der Waals surface area contributed by atoms with Gasteiger partial charge in [0.25, 0.3) is 0 Å². The standard InChI is InChI=1S/C11H7Cl3N2/c12-7-5-9(14)10(6-8(7)13)16-11-3-1-2-4-15-11/h1-6H,(H,15,16). The fourth-order valence-corrected chi connectivity index (χ4v) is 1.79. The van der Waals surface area contributed by atoms with Gasteiger partial charge in [-0.25, -0.2) is 4.98 Å². The zero-order chi connectivity index (χ0) is 11.5. The van der Waals surface area contributed by atoms with E-state index in [0.717, 1.165) is 0 Å². The maximum Gasteiger partial charge on any atom is 0.130 e. The predicted octanol–water partition coefficient (Wildman–Crippen LogP) is 4.79. The Balaban J connectivity index is 2.32. The van der Waals surface area contributed by atoms with Gasteiger partial charge in [0.15, 0.2) is 0 Å². The van der Waals surface area contributed by atoms with Crippen LogP contribution in [0.5, 0.6) is 0 Å². The minimum Gasteiger partial charge on any atom is -0.339 e. The quantitative estimate of drug-likeness (QED) is 0.796. The summed E-state index contributed by atoms with van der Waals surface area (Å²) >= 11 is 17.7. The molecule has 0 atom stereocenters. The van der Waals surface area contributed by atoms with E-state index >= 15 is 0 Å². The summed E-state index contributed by atoms with van der Waals surface area (Å²) in [5, 5.41) is 4.43. The van der Waals surface area contributed by atoms with Crippen LogP contribution in [0.2, 0.25) is 15.1 Å². The predicted molar refractivity (Wildman–Crippen MR) is 69.0 cm³/mol. The Labute approximate surface area is 108 Å². The van der Waals surface area contributed by atoms with Crippen molar-refractivity contribution in [3.8, 4) is 0 Å². The molecule has 1 aromatic heterocycles. The Morgan fingerprint density at radius 3 is 2.38 bits per heavy atom. The van der Waals surface area contributed by atoms with Gasteiger partial charge in [0, 0.05) is 6.20 Å². The molecule has 5 heteroatoms. The average Bonchev–Trinajstić information content (AvgIpc) is 2.27. The van der Waals surface area contributed by atoms with Crippen molar-refractivity contribution in [1.29, 1.82) is 0 Å². The van der Waals surface area contributed by atoms with E-state index in [4.69, 9.17) is 34.8 Å². The third-order valence-electron chi connectivity index (χ3n) is 1.94. The van der Waals surface area contributed by atoms with Crippen LogP contribution in [0.4, 0.5) is 11.5 Å². The molecule has 0 saturated carbocycles. The number of halogens is 3. The van der Waals surface area contributed by atoms with Crippen molar-refractivity contribution >= 4 is 46.3 Å². The van der Waals surface area contributed by atoms with E-state index in [1.165, 1.54) is 0 Å². The monoisotopic (exact) mass is 272 g/mol. The van der Waals surface area contributed by atoms with Gasteiger partial charge in [0.2, 0.25) is 0 Å². The molecule has 0 aliphatic carbocycles. The number of hydrogen-bond donors (Lipinski definition) is 1. The number of anilines is 2. The highest BCUT2D eigenvalue weighted by Crippen LogP contribution is 2.33. The van der Waals surface area contributed by atoms with E-state index < -0.39 is 0 Å². The van der Waals surface area contributed by atoms with Gasteiger partial charge in [-0.1, -0.05) is 40.9 Å². The zero-order valence-corrected chi connectivity index (χ0v) is 10.3. The van der Waals surface area contributed by atoms with Crippen molar-refractivity contribution in [2.24, 2.45) is 0 Å². The fourth-order valence-electron chi connectivity index (χ4n) is 1.19. The van der Waals surface area contributed by atoms with Crippen molar-refractivity contribution in [3.63, 3.8) is 0 Å². The molecule has 0 bridgehead atoms. The van der Waals surface area contributed by atoms with Crippen LogP contribution >= 0.6 is 34.8 Å². The highest BCUT2D eigenvalue weighted by Gasteiger charge is 2.06. The van der Waals surface area contributed by atoms with Gasteiger partial charge in [-0.3, -0.25) is 0 Å². The van der Waals surface area contributed by atoms with E-state index in [9.17, 15) is 0 Å². The summed E-state index contributed by atoms with van der Waals surface area (Å²) in [6.45, 7) is 0. The summed E-state index contributed by atoms with van der Waals surface area (Å²) in [5.74, 6) is 0.697. The molecule has 2 nitrogen and oxygen atoms in total. The first-order valence-corrected chi connectivity index (χ1v) is 5.63. The van der Waals surface area contributed by atoms with Gasteiger partial charge in [-0.15, -0.1) is 0 Å². The van der Waals surface area contributed by atoms with Crippen molar-refractivity contribution in [3.05, 3.63) is 51.6 Å². The maximum atomic E-state index is 6.02. The Hall–Kier alpha value is -0.960. The van der Waals surface area contributed by atoms with E-state index in [0.29, 0.717) is 26.6 Å². The molecular weight excluding hydrogens is 266 g/mol. The highest BCUT2D eigenvalue weighted by molar-refractivity contribution is 6.44. The second kappa shape index (κ2) is 4.91. The summed E-state index contributed by atoms with van der Waals surface area (Å²) in [6, 6.07) is 8.80. The number of pyridine rings is 1. The molecule has 2 aromatic rings. The van der Waals surface area contributed by atoms with Crippen LogP contribution in [0.3, 0.4) is 0 Å². The maximum absolute atomic E-state index is 6.02. The first-order valence-electron chi connectivity index (χ1n) is 4.49. The van der Waals surface area contributed by atoms with Gasteiger partial charge in [0.1, 0.15) is 5.82 Å². The number of aromatic nitrogens is 1. The smallest absolute Gasteiger partial charge is 0.130 e. The van der Waals surface area contributed by atoms with Crippen LogP contribution in [-0.4, -0.2) is 4.98 Å². The van der Waals surface area contributed by atoms with Crippen LogP contribution in [-0.2, 0) is 0 Å². The van der Waals surface area contributed by atoms with Crippen molar-refractivity contribution < 1.29 is 0 Å². The molecule has 1 aromatic carbocycles. The zero-order valence-electron chi connectivity index (χ0n) is 8.05.